The van der Waals surface area contributed by atoms with Gasteiger partial charge in [0.1, 0.15) is 5.82 Å². The molecular formula is C13H22N2. The standard InChI is InChI=1S/C13H22N2/c1-4-10(2)9-15-11(3)14-12-7-5-6-8-13(12)15/h10H,4-9H2,1-3H3. The summed E-state index contributed by atoms with van der Waals surface area (Å²) in [5.74, 6) is 1.99. The van der Waals surface area contributed by atoms with Crippen LogP contribution in [0.5, 0.6) is 0 Å². The molecule has 2 rings (SSSR count). The SMILES string of the molecule is CCC(C)Cn1c(C)nc2c1CCCC2. The van der Waals surface area contributed by atoms with Crippen LogP contribution in [-0.2, 0) is 19.4 Å². The quantitative estimate of drug-likeness (QED) is 0.743. The first kappa shape index (κ1) is 10.7. The van der Waals surface area contributed by atoms with E-state index >= 15 is 0 Å². The van der Waals surface area contributed by atoms with Crippen molar-refractivity contribution >= 4 is 0 Å². The summed E-state index contributed by atoms with van der Waals surface area (Å²) in [7, 11) is 0. The Morgan fingerprint density at radius 3 is 2.80 bits per heavy atom. The first-order valence-corrected chi connectivity index (χ1v) is 6.27. The maximum Gasteiger partial charge on any atom is 0.106 e. The maximum atomic E-state index is 4.70. The molecule has 1 aromatic rings. The van der Waals surface area contributed by atoms with Crippen LogP contribution in [0.25, 0.3) is 0 Å². The van der Waals surface area contributed by atoms with Gasteiger partial charge in [-0.25, -0.2) is 4.98 Å². The molecule has 1 heterocycles. The summed E-state index contributed by atoms with van der Waals surface area (Å²) in [5.41, 5.74) is 2.90. The second-order valence-electron chi connectivity index (χ2n) is 4.88. The molecule has 0 saturated heterocycles. The second kappa shape index (κ2) is 4.38. The van der Waals surface area contributed by atoms with Gasteiger partial charge in [-0.1, -0.05) is 20.3 Å². The Kier molecular flexibility index (Phi) is 3.13. The molecule has 1 atom stereocenters. The van der Waals surface area contributed by atoms with Gasteiger partial charge in [-0.3, -0.25) is 0 Å². The van der Waals surface area contributed by atoms with E-state index in [-0.39, 0.29) is 0 Å². The summed E-state index contributed by atoms with van der Waals surface area (Å²) in [6, 6.07) is 0. The maximum absolute atomic E-state index is 4.70. The number of rotatable bonds is 3. The van der Waals surface area contributed by atoms with Crippen LogP contribution in [-0.4, -0.2) is 9.55 Å². The number of aryl methyl sites for hydroxylation is 2. The molecule has 1 aliphatic rings. The average Bonchev–Trinajstić information content (AvgIpc) is 2.55. The summed E-state index contributed by atoms with van der Waals surface area (Å²) < 4.78 is 2.46. The molecule has 1 unspecified atom stereocenters. The van der Waals surface area contributed by atoms with E-state index in [1.165, 1.54) is 49.3 Å². The van der Waals surface area contributed by atoms with Crippen LogP contribution >= 0.6 is 0 Å². The van der Waals surface area contributed by atoms with Gasteiger partial charge in [0.2, 0.25) is 0 Å². The number of nitrogens with zero attached hydrogens (tertiary/aromatic N) is 2. The fourth-order valence-electron chi connectivity index (χ4n) is 2.42. The van der Waals surface area contributed by atoms with Gasteiger partial charge >= 0.3 is 0 Å². The number of hydrogen-bond donors (Lipinski definition) is 0. The van der Waals surface area contributed by atoms with E-state index in [0.29, 0.717) is 0 Å². The molecule has 0 amide bonds. The monoisotopic (exact) mass is 206 g/mol. The lowest BCUT2D eigenvalue weighted by Gasteiger charge is -2.17. The smallest absolute Gasteiger partial charge is 0.106 e. The van der Waals surface area contributed by atoms with Crippen LogP contribution in [0, 0.1) is 12.8 Å². The molecule has 0 fully saturated rings. The Labute approximate surface area is 92.7 Å². The van der Waals surface area contributed by atoms with Gasteiger partial charge in [0.25, 0.3) is 0 Å². The molecular weight excluding hydrogens is 184 g/mol. The molecule has 0 spiro atoms. The van der Waals surface area contributed by atoms with Crippen LogP contribution in [0.15, 0.2) is 0 Å². The molecule has 0 bridgehead atoms. The van der Waals surface area contributed by atoms with Crippen LogP contribution in [0.1, 0.15) is 50.3 Å². The van der Waals surface area contributed by atoms with Crippen molar-refractivity contribution in [1.82, 2.24) is 9.55 Å². The largest absolute Gasteiger partial charge is 0.332 e. The molecule has 0 saturated carbocycles. The van der Waals surface area contributed by atoms with Crippen molar-refractivity contribution in [2.75, 3.05) is 0 Å². The molecule has 1 aromatic heterocycles. The van der Waals surface area contributed by atoms with Crippen molar-refractivity contribution < 1.29 is 0 Å². The van der Waals surface area contributed by atoms with E-state index < -0.39 is 0 Å². The normalized spacial score (nSPS) is 17.5. The van der Waals surface area contributed by atoms with Gasteiger partial charge < -0.3 is 4.57 Å². The fraction of sp³-hybridized carbons (Fsp3) is 0.769. The van der Waals surface area contributed by atoms with Crippen LogP contribution < -0.4 is 0 Å². The molecule has 0 aromatic carbocycles. The van der Waals surface area contributed by atoms with E-state index in [0.717, 1.165) is 12.5 Å². The summed E-state index contributed by atoms with van der Waals surface area (Å²) in [4.78, 5) is 4.70. The lowest BCUT2D eigenvalue weighted by atomic mass is 10.0. The fourth-order valence-corrected chi connectivity index (χ4v) is 2.42. The highest BCUT2D eigenvalue weighted by Crippen LogP contribution is 2.23. The molecule has 0 radical (unpaired) electrons. The van der Waals surface area contributed by atoms with E-state index in [1.807, 2.05) is 0 Å². The topological polar surface area (TPSA) is 17.8 Å². The molecule has 15 heavy (non-hydrogen) atoms. The van der Waals surface area contributed by atoms with Crippen molar-refractivity contribution in [2.24, 2.45) is 5.92 Å². The average molecular weight is 206 g/mol. The van der Waals surface area contributed by atoms with Gasteiger partial charge in [-0.2, -0.15) is 0 Å². The van der Waals surface area contributed by atoms with E-state index in [2.05, 4.69) is 25.3 Å². The summed E-state index contributed by atoms with van der Waals surface area (Å²) in [5, 5.41) is 0. The van der Waals surface area contributed by atoms with E-state index in [4.69, 9.17) is 4.98 Å². The third-order valence-corrected chi connectivity index (χ3v) is 3.61. The van der Waals surface area contributed by atoms with Crippen molar-refractivity contribution in [3.05, 3.63) is 17.2 Å². The number of aromatic nitrogens is 2. The molecule has 1 aliphatic carbocycles. The molecule has 2 nitrogen and oxygen atoms in total. The first-order valence-electron chi connectivity index (χ1n) is 6.27. The summed E-state index contributed by atoms with van der Waals surface area (Å²) >= 11 is 0. The summed E-state index contributed by atoms with van der Waals surface area (Å²) in [6.07, 6.45) is 6.37. The Balaban J connectivity index is 2.25. The van der Waals surface area contributed by atoms with Crippen LogP contribution in [0.3, 0.4) is 0 Å². The third-order valence-electron chi connectivity index (χ3n) is 3.61. The van der Waals surface area contributed by atoms with Gasteiger partial charge in [-0.15, -0.1) is 0 Å². The zero-order chi connectivity index (χ0) is 10.8. The van der Waals surface area contributed by atoms with Crippen molar-refractivity contribution in [3.63, 3.8) is 0 Å². The van der Waals surface area contributed by atoms with E-state index in [9.17, 15) is 0 Å². The Hall–Kier alpha value is -0.790. The zero-order valence-electron chi connectivity index (χ0n) is 10.2. The minimum atomic E-state index is 0.768. The third kappa shape index (κ3) is 2.09. The Morgan fingerprint density at radius 2 is 2.07 bits per heavy atom. The lowest BCUT2D eigenvalue weighted by molar-refractivity contribution is 0.448. The number of hydrogen-bond acceptors (Lipinski definition) is 1. The highest BCUT2D eigenvalue weighted by molar-refractivity contribution is 5.19. The van der Waals surface area contributed by atoms with Crippen molar-refractivity contribution in [2.45, 2.75) is 59.4 Å². The molecule has 0 aliphatic heterocycles. The van der Waals surface area contributed by atoms with E-state index in [1.54, 1.807) is 0 Å². The minimum absolute atomic E-state index is 0.768. The Bertz CT molecular complexity index is 339. The number of fused-ring (bicyclic) bond motifs is 1. The van der Waals surface area contributed by atoms with Crippen LogP contribution in [0.4, 0.5) is 0 Å². The summed E-state index contributed by atoms with van der Waals surface area (Å²) in [6.45, 7) is 7.91. The van der Waals surface area contributed by atoms with Gasteiger partial charge in [0.05, 0.1) is 5.69 Å². The predicted octanol–water partition coefficient (Wildman–Crippen LogP) is 3.12. The van der Waals surface area contributed by atoms with Crippen molar-refractivity contribution in [3.8, 4) is 0 Å². The van der Waals surface area contributed by atoms with Crippen LogP contribution in [0.2, 0.25) is 0 Å². The predicted molar refractivity (Wildman–Crippen MR) is 63.1 cm³/mol. The van der Waals surface area contributed by atoms with Crippen molar-refractivity contribution in [1.29, 1.82) is 0 Å². The number of imidazole rings is 1. The van der Waals surface area contributed by atoms with Gasteiger partial charge in [-0.05, 0) is 38.5 Å². The van der Waals surface area contributed by atoms with Gasteiger partial charge in [0, 0.05) is 12.2 Å². The minimum Gasteiger partial charge on any atom is -0.332 e. The zero-order valence-corrected chi connectivity index (χ0v) is 10.2. The lowest BCUT2D eigenvalue weighted by Crippen LogP contribution is -2.13. The molecule has 84 valence electrons. The Morgan fingerprint density at radius 1 is 1.33 bits per heavy atom. The second-order valence-corrected chi connectivity index (χ2v) is 4.88. The molecule has 0 N–H and O–H groups in total. The first-order chi connectivity index (χ1) is 7.22. The van der Waals surface area contributed by atoms with Gasteiger partial charge in [0.15, 0.2) is 0 Å². The highest BCUT2D eigenvalue weighted by Gasteiger charge is 2.18. The highest BCUT2D eigenvalue weighted by atomic mass is 15.1. The molecule has 2 heteroatoms.